The number of aryl methyl sites for hydroxylation is 1. The van der Waals surface area contributed by atoms with Crippen molar-refractivity contribution in [1.82, 2.24) is 9.97 Å². The van der Waals surface area contributed by atoms with E-state index in [0.29, 0.717) is 5.92 Å². The lowest BCUT2D eigenvalue weighted by atomic mass is 9.81. The number of rotatable bonds is 3. The Morgan fingerprint density at radius 3 is 2.62 bits per heavy atom. The fraction of sp³-hybridized carbons (Fsp3) is 0.333. The smallest absolute Gasteiger partial charge is 0.0971 e. The molecule has 0 radical (unpaired) electrons. The molecule has 1 aromatic heterocycles. The van der Waals surface area contributed by atoms with Crippen molar-refractivity contribution in [2.24, 2.45) is 0 Å². The largest absolute Gasteiger partial charge is 0.252 e. The van der Waals surface area contributed by atoms with Crippen LogP contribution in [0.4, 0.5) is 0 Å². The quantitative estimate of drug-likeness (QED) is 0.378. The number of nitrogens with zero attached hydrogens (tertiary/aromatic N) is 2. The van der Waals surface area contributed by atoms with E-state index in [4.69, 9.17) is 9.97 Å². The number of hydrogen-bond acceptors (Lipinski definition) is 2. The third-order valence-corrected chi connectivity index (χ3v) is 4.85. The Kier molecular flexibility index (Phi) is 5.82. The van der Waals surface area contributed by atoms with Gasteiger partial charge in [-0.05, 0) is 48.6 Å². The summed E-state index contributed by atoms with van der Waals surface area (Å²) < 4.78 is 0. The normalized spacial score (nSPS) is 15.9. The van der Waals surface area contributed by atoms with Crippen molar-refractivity contribution in [2.45, 2.75) is 52.9 Å². The molecule has 0 bridgehead atoms. The molecule has 2 heteroatoms. The molecule has 1 heterocycles. The molecule has 3 aromatic rings. The molecule has 1 atom stereocenters. The van der Waals surface area contributed by atoms with Crippen molar-refractivity contribution >= 4 is 27.9 Å². The van der Waals surface area contributed by atoms with Gasteiger partial charge in [-0.25, -0.2) is 4.98 Å². The minimum Gasteiger partial charge on any atom is -0.252 e. The molecule has 0 N–H and O–H groups in total. The molecular formula is C24H28N2. The molecule has 1 aliphatic carbocycles. The fourth-order valence-corrected chi connectivity index (χ4v) is 3.76. The van der Waals surface area contributed by atoms with Crippen LogP contribution in [0.3, 0.4) is 0 Å². The standard InChI is InChI=1S/C22H22N2.C2H6/c1-3-4-5-9-16-10-8-13-18-17-11-6-7-12-19(17)21-22(20(16)18)23-14-15(2)24-21;1-2/h4-8,11-14,16H,3,9-10H2,1-2H3;1-2H3. The maximum Gasteiger partial charge on any atom is 0.0971 e. The van der Waals surface area contributed by atoms with Gasteiger partial charge in [0.25, 0.3) is 0 Å². The van der Waals surface area contributed by atoms with Crippen LogP contribution < -0.4 is 0 Å². The Labute approximate surface area is 156 Å². The predicted molar refractivity (Wildman–Crippen MR) is 114 cm³/mol. The van der Waals surface area contributed by atoms with Gasteiger partial charge < -0.3 is 0 Å². The first-order chi connectivity index (χ1) is 12.8. The van der Waals surface area contributed by atoms with Gasteiger partial charge in [-0.1, -0.05) is 69.3 Å². The van der Waals surface area contributed by atoms with Gasteiger partial charge in [0.05, 0.1) is 16.7 Å². The van der Waals surface area contributed by atoms with Crippen molar-refractivity contribution in [1.29, 1.82) is 0 Å². The van der Waals surface area contributed by atoms with Crippen molar-refractivity contribution < 1.29 is 0 Å². The molecule has 0 aliphatic heterocycles. The average Bonchev–Trinajstić information content (AvgIpc) is 2.70. The zero-order valence-corrected chi connectivity index (χ0v) is 16.3. The minimum atomic E-state index is 0.483. The second-order valence-electron chi connectivity index (χ2n) is 6.53. The predicted octanol–water partition coefficient (Wildman–Crippen LogP) is 6.97. The summed E-state index contributed by atoms with van der Waals surface area (Å²) in [5.74, 6) is 0.483. The van der Waals surface area contributed by atoms with Gasteiger partial charge in [0.2, 0.25) is 0 Å². The zero-order valence-electron chi connectivity index (χ0n) is 16.3. The summed E-state index contributed by atoms with van der Waals surface area (Å²) in [5, 5.41) is 2.50. The van der Waals surface area contributed by atoms with E-state index in [2.05, 4.69) is 55.5 Å². The summed E-state index contributed by atoms with van der Waals surface area (Å²) in [5.41, 5.74) is 5.80. The van der Waals surface area contributed by atoms with Crippen LogP contribution in [0.15, 0.2) is 48.7 Å². The summed E-state index contributed by atoms with van der Waals surface area (Å²) >= 11 is 0. The van der Waals surface area contributed by atoms with Gasteiger partial charge >= 0.3 is 0 Å². The average molecular weight is 345 g/mol. The first-order valence-electron chi connectivity index (χ1n) is 9.79. The molecule has 134 valence electrons. The Morgan fingerprint density at radius 1 is 1.08 bits per heavy atom. The van der Waals surface area contributed by atoms with Gasteiger partial charge in [-0.15, -0.1) is 0 Å². The van der Waals surface area contributed by atoms with E-state index < -0.39 is 0 Å². The maximum absolute atomic E-state index is 4.84. The highest BCUT2D eigenvalue weighted by Crippen LogP contribution is 2.41. The first-order valence-corrected chi connectivity index (χ1v) is 9.79. The second-order valence-corrected chi connectivity index (χ2v) is 6.53. The van der Waals surface area contributed by atoms with Crippen LogP contribution in [-0.2, 0) is 0 Å². The molecule has 26 heavy (non-hydrogen) atoms. The van der Waals surface area contributed by atoms with E-state index in [9.17, 15) is 0 Å². The first kappa shape index (κ1) is 18.3. The summed E-state index contributed by atoms with van der Waals surface area (Å²) in [4.78, 5) is 9.64. The summed E-state index contributed by atoms with van der Waals surface area (Å²) in [6.07, 6.45) is 14.3. The highest BCUT2D eigenvalue weighted by molar-refractivity contribution is 6.10. The molecule has 2 nitrogen and oxygen atoms in total. The third-order valence-electron chi connectivity index (χ3n) is 4.85. The SMILES string of the molecule is CC.CCC=CCC1CC=Cc2c1c1ncc(C)nc1c1ccccc21. The highest BCUT2D eigenvalue weighted by atomic mass is 14.8. The van der Waals surface area contributed by atoms with Crippen LogP contribution >= 0.6 is 0 Å². The van der Waals surface area contributed by atoms with E-state index in [-0.39, 0.29) is 0 Å². The van der Waals surface area contributed by atoms with E-state index in [1.165, 1.54) is 21.9 Å². The lowest BCUT2D eigenvalue weighted by Crippen LogP contribution is -2.07. The highest BCUT2D eigenvalue weighted by Gasteiger charge is 2.23. The molecule has 0 saturated carbocycles. The summed E-state index contributed by atoms with van der Waals surface area (Å²) in [6.45, 7) is 8.20. The third kappa shape index (κ3) is 3.29. The van der Waals surface area contributed by atoms with Gasteiger partial charge in [0, 0.05) is 11.6 Å². The van der Waals surface area contributed by atoms with Gasteiger partial charge in [-0.2, -0.15) is 0 Å². The van der Waals surface area contributed by atoms with Crippen LogP contribution in [0.25, 0.3) is 27.9 Å². The lowest BCUT2D eigenvalue weighted by molar-refractivity contribution is 0.709. The zero-order chi connectivity index (χ0) is 18.5. The van der Waals surface area contributed by atoms with Crippen molar-refractivity contribution in [3.63, 3.8) is 0 Å². The topological polar surface area (TPSA) is 25.8 Å². The van der Waals surface area contributed by atoms with E-state index in [0.717, 1.165) is 36.0 Å². The molecule has 0 spiro atoms. The van der Waals surface area contributed by atoms with E-state index in [1.54, 1.807) is 0 Å². The molecule has 2 aromatic carbocycles. The van der Waals surface area contributed by atoms with Gasteiger partial charge in [0.15, 0.2) is 0 Å². The number of aromatic nitrogens is 2. The number of allylic oxidation sites excluding steroid dienone is 3. The number of benzene rings is 2. The Morgan fingerprint density at radius 2 is 1.85 bits per heavy atom. The molecule has 1 unspecified atom stereocenters. The van der Waals surface area contributed by atoms with Crippen LogP contribution in [0.2, 0.25) is 0 Å². The molecule has 0 amide bonds. The van der Waals surface area contributed by atoms with Crippen LogP contribution in [-0.4, -0.2) is 9.97 Å². The van der Waals surface area contributed by atoms with Crippen molar-refractivity contribution in [2.75, 3.05) is 0 Å². The van der Waals surface area contributed by atoms with E-state index >= 15 is 0 Å². The number of hydrogen-bond donors (Lipinski definition) is 0. The van der Waals surface area contributed by atoms with Gasteiger partial charge in [-0.3, -0.25) is 4.98 Å². The molecule has 0 fully saturated rings. The Balaban J connectivity index is 0.000000948. The van der Waals surface area contributed by atoms with Gasteiger partial charge in [0.1, 0.15) is 0 Å². The number of fused-ring (bicyclic) bond motifs is 6. The minimum absolute atomic E-state index is 0.483. The summed E-state index contributed by atoms with van der Waals surface area (Å²) in [7, 11) is 0. The maximum atomic E-state index is 4.84. The molecule has 4 rings (SSSR count). The van der Waals surface area contributed by atoms with Crippen molar-refractivity contribution in [3.05, 3.63) is 65.5 Å². The lowest BCUT2D eigenvalue weighted by Gasteiger charge is -2.24. The molecule has 1 aliphatic rings. The second kappa shape index (κ2) is 8.27. The van der Waals surface area contributed by atoms with Crippen LogP contribution in [0.5, 0.6) is 0 Å². The monoisotopic (exact) mass is 344 g/mol. The molecule has 0 saturated heterocycles. The Bertz CT molecular complexity index is 967. The molecular weight excluding hydrogens is 316 g/mol. The fourth-order valence-electron chi connectivity index (χ4n) is 3.76. The van der Waals surface area contributed by atoms with E-state index in [1.807, 2.05) is 27.0 Å². The van der Waals surface area contributed by atoms with Crippen LogP contribution in [0.1, 0.15) is 62.8 Å². The van der Waals surface area contributed by atoms with Crippen molar-refractivity contribution in [3.8, 4) is 0 Å². The van der Waals surface area contributed by atoms with Crippen LogP contribution in [0, 0.1) is 6.92 Å². The summed E-state index contributed by atoms with van der Waals surface area (Å²) in [6, 6.07) is 8.59. The Hall–Kier alpha value is -2.48.